The molecule has 2 heterocycles. The van der Waals surface area contributed by atoms with E-state index in [0.717, 1.165) is 18.9 Å². The summed E-state index contributed by atoms with van der Waals surface area (Å²) >= 11 is 0. The summed E-state index contributed by atoms with van der Waals surface area (Å²) in [5.41, 5.74) is 6.36. The third-order valence-corrected chi connectivity index (χ3v) is 5.96. The lowest BCUT2D eigenvalue weighted by atomic mass is 9.82. The first-order chi connectivity index (χ1) is 13.2. The highest BCUT2D eigenvalue weighted by Crippen LogP contribution is 2.40. The van der Waals surface area contributed by atoms with Gasteiger partial charge in [-0.15, -0.1) is 0 Å². The van der Waals surface area contributed by atoms with Crippen molar-refractivity contribution in [3.05, 3.63) is 35.1 Å². The molecule has 8 heteroatoms. The third-order valence-electron chi connectivity index (χ3n) is 5.96. The molecule has 28 heavy (non-hydrogen) atoms. The Morgan fingerprint density at radius 3 is 2.29 bits per heavy atom. The van der Waals surface area contributed by atoms with E-state index >= 15 is 0 Å². The molecule has 2 aliphatic rings. The van der Waals surface area contributed by atoms with Crippen LogP contribution in [0.4, 0.5) is 13.2 Å². The van der Waals surface area contributed by atoms with Crippen LogP contribution in [-0.2, 0) is 16.0 Å². The molecule has 0 spiro atoms. The number of nitrogens with zero attached hydrogens (tertiary/aromatic N) is 1. The SMILES string of the molecule is CC(=O)NC(C)C(=O)N1[C@@H]2CC[C@@H]1CC([C@H](N)Cc1cc(F)c(F)cc1F)C2. The van der Waals surface area contributed by atoms with Crippen LogP contribution in [0.25, 0.3) is 0 Å². The molecule has 2 bridgehead atoms. The zero-order chi connectivity index (χ0) is 20.6. The number of carbonyl (C=O) groups excluding carboxylic acids is 2. The molecule has 0 aromatic heterocycles. The number of carbonyl (C=O) groups is 2. The Kier molecular flexibility index (Phi) is 5.98. The van der Waals surface area contributed by atoms with Gasteiger partial charge in [0.2, 0.25) is 11.8 Å². The van der Waals surface area contributed by atoms with Crippen LogP contribution in [0.2, 0.25) is 0 Å². The Bertz CT molecular complexity index is 759. The second-order valence-corrected chi connectivity index (χ2v) is 8.01. The summed E-state index contributed by atoms with van der Waals surface area (Å²) in [6, 6.07) is 0.495. The molecule has 154 valence electrons. The van der Waals surface area contributed by atoms with E-state index in [1.807, 2.05) is 4.90 Å². The fourth-order valence-electron chi connectivity index (χ4n) is 4.66. The molecule has 5 nitrogen and oxygen atoms in total. The van der Waals surface area contributed by atoms with E-state index in [1.165, 1.54) is 6.92 Å². The minimum atomic E-state index is -1.21. The van der Waals surface area contributed by atoms with Gasteiger partial charge in [-0.25, -0.2) is 13.2 Å². The fourth-order valence-corrected chi connectivity index (χ4v) is 4.66. The molecule has 1 aromatic carbocycles. The molecule has 2 aliphatic heterocycles. The lowest BCUT2D eigenvalue weighted by Gasteiger charge is -2.42. The number of amides is 2. The van der Waals surface area contributed by atoms with E-state index in [1.54, 1.807) is 6.92 Å². The number of nitrogens with one attached hydrogen (secondary N) is 1. The van der Waals surface area contributed by atoms with Crippen molar-refractivity contribution in [2.75, 3.05) is 0 Å². The maximum absolute atomic E-state index is 13.9. The van der Waals surface area contributed by atoms with E-state index in [4.69, 9.17) is 5.73 Å². The van der Waals surface area contributed by atoms with Crippen LogP contribution < -0.4 is 11.1 Å². The van der Waals surface area contributed by atoms with Crippen LogP contribution in [0.15, 0.2) is 12.1 Å². The summed E-state index contributed by atoms with van der Waals surface area (Å²) in [5, 5.41) is 2.63. The van der Waals surface area contributed by atoms with Crippen LogP contribution >= 0.6 is 0 Å². The van der Waals surface area contributed by atoms with Gasteiger partial charge in [-0.05, 0) is 56.6 Å². The summed E-state index contributed by atoms with van der Waals surface area (Å²) in [4.78, 5) is 25.8. The first-order valence-electron chi connectivity index (χ1n) is 9.65. The summed E-state index contributed by atoms with van der Waals surface area (Å²) < 4.78 is 40.5. The van der Waals surface area contributed by atoms with Gasteiger partial charge >= 0.3 is 0 Å². The van der Waals surface area contributed by atoms with E-state index < -0.39 is 29.5 Å². The average molecular weight is 397 g/mol. The molecule has 1 aromatic rings. The van der Waals surface area contributed by atoms with Gasteiger partial charge < -0.3 is 16.0 Å². The van der Waals surface area contributed by atoms with Gasteiger partial charge in [-0.2, -0.15) is 0 Å². The summed E-state index contributed by atoms with van der Waals surface area (Å²) in [7, 11) is 0. The van der Waals surface area contributed by atoms with Gasteiger partial charge in [-0.1, -0.05) is 0 Å². The molecule has 1 unspecified atom stereocenters. The van der Waals surface area contributed by atoms with Crippen LogP contribution in [0.5, 0.6) is 0 Å². The van der Waals surface area contributed by atoms with Gasteiger partial charge in [0.15, 0.2) is 11.6 Å². The second kappa shape index (κ2) is 8.11. The zero-order valence-electron chi connectivity index (χ0n) is 16.1. The number of benzene rings is 1. The van der Waals surface area contributed by atoms with Crippen molar-refractivity contribution < 1.29 is 22.8 Å². The summed E-state index contributed by atoms with van der Waals surface area (Å²) in [6.45, 7) is 3.05. The molecule has 2 fully saturated rings. The monoisotopic (exact) mass is 397 g/mol. The van der Waals surface area contributed by atoms with Crippen molar-refractivity contribution in [3.63, 3.8) is 0 Å². The number of fused-ring (bicyclic) bond motifs is 2. The largest absolute Gasteiger partial charge is 0.345 e. The van der Waals surface area contributed by atoms with Crippen LogP contribution in [0.1, 0.15) is 45.1 Å². The first kappa shape index (κ1) is 20.6. The Hall–Kier alpha value is -2.09. The maximum Gasteiger partial charge on any atom is 0.245 e. The normalized spacial score (nSPS) is 26.1. The maximum atomic E-state index is 13.9. The standard InChI is InChI=1S/C20H26F3N3O2/c1-10(25-11(2)27)20(28)26-14-3-4-15(26)6-13(5-14)19(24)8-12-7-17(22)18(23)9-16(12)21/h7,9-10,13-15,19H,3-6,8,24H2,1-2H3,(H,25,27)/t10?,14-,15-,19-/m1/s1. The number of halogens is 3. The first-order valence-corrected chi connectivity index (χ1v) is 9.65. The second-order valence-electron chi connectivity index (χ2n) is 8.01. The van der Waals surface area contributed by atoms with Gasteiger partial charge in [-0.3, -0.25) is 9.59 Å². The van der Waals surface area contributed by atoms with E-state index in [-0.39, 0.29) is 41.8 Å². The minimum absolute atomic E-state index is 0.0355. The predicted octanol–water partition coefficient (Wildman–Crippen LogP) is 2.27. The zero-order valence-corrected chi connectivity index (χ0v) is 16.1. The molecule has 0 saturated carbocycles. The highest BCUT2D eigenvalue weighted by molar-refractivity contribution is 5.87. The third kappa shape index (κ3) is 4.16. The van der Waals surface area contributed by atoms with E-state index in [0.29, 0.717) is 18.9 Å². The molecule has 2 saturated heterocycles. The van der Waals surface area contributed by atoms with Crippen LogP contribution in [-0.4, -0.2) is 40.9 Å². The Labute approximate surface area is 162 Å². The number of hydrogen-bond acceptors (Lipinski definition) is 3. The molecule has 2 amide bonds. The molecule has 3 rings (SSSR count). The highest BCUT2D eigenvalue weighted by atomic mass is 19.2. The van der Waals surface area contributed by atoms with Crippen molar-refractivity contribution in [2.24, 2.45) is 11.7 Å². The van der Waals surface area contributed by atoms with Gasteiger partial charge in [0.05, 0.1) is 0 Å². The number of hydrogen-bond donors (Lipinski definition) is 2. The number of rotatable bonds is 5. The Morgan fingerprint density at radius 1 is 1.14 bits per heavy atom. The highest BCUT2D eigenvalue weighted by Gasteiger charge is 2.45. The van der Waals surface area contributed by atoms with Crippen molar-refractivity contribution >= 4 is 11.8 Å². The molecule has 4 atom stereocenters. The van der Waals surface area contributed by atoms with Crippen molar-refractivity contribution in [1.29, 1.82) is 0 Å². The van der Waals surface area contributed by atoms with Gasteiger partial charge in [0.1, 0.15) is 11.9 Å². The number of nitrogens with two attached hydrogens (primary N) is 1. The molecular weight excluding hydrogens is 371 g/mol. The van der Waals surface area contributed by atoms with Crippen molar-refractivity contribution in [2.45, 2.75) is 70.1 Å². The molecule has 0 aliphatic carbocycles. The average Bonchev–Trinajstić information content (AvgIpc) is 2.87. The lowest BCUT2D eigenvalue weighted by Crippen LogP contribution is -2.55. The Morgan fingerprint density at radius 2 is 1.71 bits per heavy atom. The summed E-state index contributed by atoms with van der Waals surface area (Å²) in [6.07, 6.45) is 3.21. The van der Waals surface area contributed by atoms with Crippen molar-refractivity contribution in [1.82, 2.24) is 10.2 Å². The fraction of sp³-hybridized carbons (Fsp3) is 0.600. The van der Waals surface area contributed by atoms with Crippen molar-refractivity contribution in [3.8, 4) is 0 Å². The van der Waals surface area contributed by atoms with Crippen LogP contribution in [0, 0.1) is 23.4 Å². The smallest absolute Gasteiger partial charge is 0.245 e. The topological polar surface area (TPSA) is 75.4 Å². The predicted molar refractivity (Wildman–Crippen MR) is 97.7 cm³/mol. The Balaban J connectivity index is 1.66. The summed E-state index contributed by atoms with van der Waals surface area (Å²) in [5.74, 6) is -3.39. The quantitative estimate of drug-likeness (QED) is 0.749. The lowest BCUT2D eigenvalue weighted by molar-refractivity contribution is -0.140. The number of piperidine rings is 1. The molecule has 3 N–H and O–H groups in total. The van der Waals surface area contributed by atoms with E-state index in [2.05, 4.69) is 5.32 Å². The minimum Gasteiger partial charge on any atom is -0.345 e. The molecular formula is C20H26F3N3O2. The van der Waals surface area contributed by atoms with Gasteiger partial charge in [0.25, 0.3) is 0 Å². The van der Waals surface area contributed by atoms with Gasteiger partial charge in [0, 0.05) is 31.1 Å². The van der Waals surface area contributed by atoms with Crippen LogP contribution in [0.3, 0.4) is 0 Å². The molecule has 0 radical (unpaired) electrons. The van der Waals surface area contributed by atoms with E-state index in [9.17, 15) is 22.8 Å².